The molecule has 1 aromatic carbocycles. The summed E-state index contributed by atoms with van der Waals surface area (Å²) in [4.78, 5) is 0. The third-order valence-electron chi connectivity index (χ3n) is 2.27. The number of hydrogen-bond acceptors (Lipinski definition) is 3. The van der Waals surface area contributed by atoms with Crippen molar-refractivity contribution < 1.29 is 5.21 Å². The largest absolute Gasteiger partial charge is 0.409 e. The van der Waals surface area contributed by atoms with Crippen molar-refractivity contribution in [1.82, 2.24) is 5.32 Å². The van der Waals surface area contributed by atoms with Crippen molar-refractivity contribution in [2.24, 2.45) is 10.9 Å². The summed E-state index contributed by atoms with van der Waals surface area (Å²) in [6.07, 6.45) is 1.33. The summed E-state index contributed by atoms with van der Waals surface area (Å²) in [6, 6.07) is 5.46. The van der Waals surface area contributed by atoms with E-state index in [9.17, 15) is 0 Å². The van der Waals surface area contributed by atoms with Gasteiger partial charge in [-0.2, -0.15) is 0 Å². The molecule has 4 N–H and O–H groups in total. The molecule has 6 heteroatoms. The third kappa shape index (κ3) is 5.26. The predicted octanol–water partition coefficient (Wildman–Crippen LogP) is 2.26. The first-order valence-corrected chi connectivity index (χ1v) is 6.00. The maximum atomic E-state index is 8.34. The highest BCUT2D eigenvalue weighted by atomic mass is 35.5. The van der Waals surface area contributed by atoms with Crippen LogP contribution in [0.15, 0.2) is 23.4 Å². The number of amidine groups is 1. The lowest BCUT2D eigenvalue weighted by Gasteiger charge is -2.06. The highest BCUT2D eigenvalue weighted by Crippen LogP contribution is 2.20. The summed E-state index contributed by atoms with van der Waals surface area (Å²) in [6.45, 7) is 1.45. The molecule has 0 radical (unpaired) electrons. The van der Waals surface area contributed by atoms with Gasteiger partial charge < -0.3 is 16.3 Å². The molecule has 1 rings (SSSR count). The third-order valence-corrected chi connectivity index (χ3v) is 2.86. The average Bonchev–Trinajstić information content (AvgIpc) is 2.30. The van der Waals surface area contributed by atoms with E-state index < -0.39 is 0 Å². The number of nitrogens with one attached hydrogen (secondary N) is 1. The normalized spacial score (nSPS) is 11.8. The molecule has 0 aliphatic carbocycles. The molecule has 0 unspecified atom stereocenters. The smallest absolute Gasteiger partial charge is 0.140 e. The van der Waals surface area contributed by atoms with Crippen molar-refractivity contribution in [2.45, 2.75) is 12.8 Å². The Labute approximate surface area is 110 Å². The Kier molecular flexibility index (Phi) is 6.11. The molecular formula is C11H15Cl2N3O. The van der Waals surface area contributed by atoms with Crippen LogP contribution in [0.5, 0.6) is 0 Å². The molecule has 0 heterocycles. The molecule has 0 saturated carbocycles. The van der Waals surface area contributed by atoms with Crippen molar-refractivity contribution >= 4 is 29.0 Å². The van der Waals surface area contributed by atoms with Gasteiger partial charge in [-0.05, 0) is 30.7 Å². The van der Waals surface area contributed by atoms with Gasteiger partial charge in [0.15, 0.2) is 0 Å². The van der Waals surface area contributed by atoms with E-state index >= 15 is 0 Å². The first-order valence-electron chi connectivity index (χ1n) is 5.24. The second kappa shape index (κ2) is 7.37. The zero-order chi connectivity index (χ0) is 12.7. The fourth-order valence-electron chi connectivity index (χ4n) is 1.34. The molecule has 1 aromatic rings. The molecule has 0 aliphatic heterocycles. The van der Waals surface area contributed by atoms with Crippen LogP contribution in [0.3, 0.4) is 0 Å². The Morgan fingerprint density at radius 2 is 2.12 bits per heavy atom. The van der Waals surface area contributed by atoms with E-state index in [2.05, 4.69) is 10.5 Å². The molecular weight excluding hydrogens is 261 g/mol. The fraction of sp³-hybridized carbons (Fsp3) is 0.364. The predicted molar refractivity (Wildman–Crippen MR) is 71.1 cm³/mol. The first kappa shape index (κ1) is 14.1. The van der Waals surface area contributed by atoms with Crippen LogP contribution in [0.1, 0.15) is 12.0 Å². The van der Waals surface area contributed by atoms with Crippen LogP contribution < -0.4 is 11.1 Å². The van der Waals surface area contributed by atoms with Crippen molar-refractivity contribution in [2.75, 3.05) is 13.1 Å². The minimum Gasteiger partial charge on any atom is -0.409 e. The zero-order valence-corrected chi connectivity index (χ0v) is 10.8. The number of rotatable bonds is 6. The zero-order valence-electron chi connectivity index (χ0n) is 9.29. The van der Waals surface area contributed by atoms with Crippen molar-refractivity contribution in [1.29, 1.82) is 0 Å². The second-order valence-electron chi connectivity index (χ2n) is 3.58. The maximum Gasteiger partial charge on any atom is 0.140 e. The quantitative estimate of drug-likeness (QED) is 0.245. The molecule has 0 aromatic heterocycles. The molecule has 0 atom stereocenters. The average molecular weight is 276 g/mol. The molecule has 0 aliphatic rings. The van der Waals surface area contributed by atoms with E-state index in [1.807, 2.05) is 12.1 Å². The van der Waals surface area contributed by atoms with Gasteiger partial charge in [0.1, 0.15) is 5.84 Å². The second-order valence-corrected chi connectivity index (χ2v) is 4.42. The van der Waals surface area contributed by atoms with Crippen LogP contribution in [0.4, 0.5) is 0 Å². The van der Waals surface area contributed by atoms with E-state index in [-0.39, 0.29) is 5.84 Å². The molecule has 0 amide bonds. The summed E-state index contributed by atoms with van der Waals surface area (Å²) in [5.41, 5.74) is 6.38. The minimum absolute atomic E-state index is 0.224. The van der Waals surface area contributed by atoms with Gasteiger partial charge in [-0.25, -0.2) is 0 Å². The van der Waals surface area contributed by atoms with Gasteiger partial charge in [0.2, 0.25) is 0 Å². The highest BCUT2D eigenvalue weighted by Gasteiger charge is 2.01. The lowest BCUT2D eigenvalue weighted by Crippen LogP contribution is -2.24. The van der Waals surface area contributed by atoms with E-state index in [0.717, 1.165) is 18.5 Å². The van der Waals surface area contributed by atoms with Crippen molar-refractivity contribution in [3.63, 3.8) is 0 Å². The number of hydrogen-bond donors (Lipinski definition) is 3. The Morgan fingerprint density at radius 1 is 1.35 bits per heavy atom. The van der Waals surface area contributed by atoms with Gasteiger partial charge >= 0.3 is 0 Å². The highest BCUT2D eigenvalue weighted by molar-refractivity contribution is 6.35. The molecule has 0 fully saturated rings. The van der Waals surface area contributed by atoms with Gasteiger partial charge in [0.25, 0.3) is 0 Å². The van der Waals surface area contributed by atoms with Gasteiger partial charge in [0.05, 0.1) is 0 Å². The van der Waals surface area contributed by atoms with Crippen LogP contribution in [0.2, 0.25) is 10.0 Å². The summed E-state index contributed by atoms with van der Waals surface area (Å²) in [7, 11) is 0. The standard InChI is InChI=1S/C11H15Cl2N3O/c12-9-2-1-8(10(13)7-9)3-5-15-6-4-11(14)16-17/h1-2,7,15,17H,3-6H2,(H2,14,16). The summed E-state index contributed by atoms with van der Waals surface area (Å²) in [5, 5.41) is 15.7. The lowest BCUT2D eigenvalue weighted by atomic mass is 10.1. The molecule has 17 heavy (non-hydrogen) atoms. The fourth-order valence-corrected chi connectivity index (χ4v) is 1.84. The van der Waals surface area contributed by atoms with E-state index in [0.29, 0.717) is 23.0 Å². The number of benzene rings is 1. The molecule has 0 spiro atoms. The van der Waals surface area contributed by atoms with Crippen LogP contribution in [0.25, 0.3) is 0 Å². The lowest BCUT2D eigenvalue weighted by molar-refractivity contribution is 0.316. The van der Waals surface area contributed by atoms with E-state index in [4.69, 9.17) is 34.1 Å². The van der Waals surface area contributed by atoms with Crippen LogP contribution in [0, 0.1) is 0 Å². The Morgan fingerprint density at radius 3 is 2.76 bits per heavy atom. The number of nitrogens with two attached hydrogens (primary N) is 1. The Bertz CT molecular complexity index is 396. The summed E-state index contributed by atoms with van der Waals surface area (Å²) < 4.78 is 0. The van der Waals surface area contributed by atoms with Gasteiger partial charge in [-0.15, -0.1) is 0 Å². The monoisotopic (exact) mass is 275 g/mol. The van der Waals surface area contributed by atoms with E-state index in [1.165, 1.54) is 0 Å². The molecule has 94 valence electrons. The minimum atomic E-state index is 0.224. The van der Waals surface area contributed by atoms with Gasteiger partial charge in [-0.3, -0.25) is 0 Å². The van der Waals surface area contributed by atoms with E-state index in [1.54, 1.807) is 6.07 Å². The Balaban J connectivity index is 2.27. The van der Waals surface area contributed by atoms with Gasteiger partial charge in [0, 0.05) is 23.0 Å². The number of halogens is 2. The SMILES string of the molecule is NC(CCNCCc1ccc(Cl)cc1Cl)=NO. The Hall–Kier alpha value is -0.970. The number of oxime groups is 1. The van der Waals surface area contributed by atoms with Gasteiger partial charge in [-0.1, -0.05) is 34.4 Å². The van der Waals surface area contributed by atoms with Crippen LogP contribution >= 0.6 is 23.2 Å². The maximum absolute atomic E-state index is 8.34. The van der Waals surface area contributed by atoms with Crippen molar-refractivity contribution in [3.8, 4) is 0 Å². The topological polar surface area (TPSA) is 70.6 Å². The molecule has 4 nitrogen and oxygen atoms in total. The summed E-state index contributed by atoms with van der Waals surface area (Å²) in [5.74, 6) is 0.224. The van der Waals surface area contributed by atoms with Crippen LogP contribution in [-0.4, -0.2) is 24.1 Å². The first-order chi connectivity index (χ1) is 8.13. The summed E-state index contributed by atoms with van der Waals surface area (Å²) >= 11 is 11.8. The number of nitrogens with zero attached hydrogens (tertiary/aromatic N) is 1. The molecule has 0 saturated heterocycles. The molecule has 0 bridgehead atoms. The van der Waals surface area contributed by atoms with Crippen molar-refractivity contribution in [3.05, 3.63) is 33.8 Å². The van der Waals surface area contributed by atoms with Crippen LogP contribution in [-0.2, 0) is 6.42 Å².